The van der Waals surface area contributed by atoms with Gasteiger partial charge in [-0.15, -0.1) is 0 Å². The lowest BCUT2D eigenvalue weighted by atomic mass is 10.0. The zero-order valence-electron chi connectivity index (χ0n) is 20.0. The molecule has 8 nitrogen and oxygen atoms in total. The molecule has 0 radical (unpaired) electrons. The molecule has 2 N–H and O–H groups in total. The molecule has 0 fully saturated rings. The van der Waals surface area contributed by atoms with E-state index in [1.165, 1.54) is 0 Å². The summed E-state index contributed by atoms with van der Waals surface area (Å²) < 4.78 is 5.35. The van der Waals surface area contributed by atoms with E-state index in [0.717, 1.165) is 33.5 Å². The van der Waals surface area contributed by atoms with Crippen molar-refractivity contribution in [2.24, 2.45) is 0 Å². The minimum Gasteiger partial charge on any atom is -0.365 e. The summed E-state index contributed by atoms with van der Waals surface area (Å²) in [6, 6.07) is 16.7. The van der Waals surface area contributed by atoms with E-state index in [4.69, 9.17) is 27.7 Å². The summed E-state index contributed by atoms with van der Waals surface area (Å²) in [6.07, 6.45) is 1.59. The number of nitrogens with zero attached hydrogens (tertiary/aromatic N) is 4. The molecule has 37 heavy (non-hydrogen) atoms. The third-order valence-electron chi connectivity index (χ3n) is 5.78. The minimum absolute atomic E-state index is 0.0354. The molecule has 3 aromatic heterocycles. The topological polar surface area (TPSA) is 106 Å². The van der Waals surface area contributed by atoms with E-state index in [2.05, 4.69) is 30.7 Å². The van der Waals surface area contributed by atoms with E-state index in [9.17, 15) is 4.79 Å². The summed E-state index contributed by atoms with van der Waals surface area (Å²) in [6.45, 7) is 4.41. The Morgan fingerprint density at radius 2 is 1.81 bits per heavy atom. The number of carbonyl (C=O) groups is 1. The van der Waals surface area contributed by atoms with Gasteiger partial charge < -0.3 is 15.2 Å². The molecule has 186 valence electrons. The van der Waals surface area contributed by atoms with E-state index in [1.807, 2.05) is 56.3 Å². The summed E-state index contributed by atoms with van der Waals surface area (Å²) in [7, 11) is 0. The van der Waals surface area contributed by atoms with Crippen molar-refractivity contribution >= 4 is 45.8 Å². The molecular weight excluding hydrogens is 511 g/mol. The Morgan fingerprint density at radius 1 is 0.973 bits per heavy atom. The predicted octanol–water partition coefficient (Wildman–Crippen LogP) is 6.15. The van der Waals surface area contributed by atoms with Crippen LogP contribution in [-0.2, 0) is 13.1 Å². The number of benzene rings is 2. The number of fused-ring (bicyclic) bond motifs is 1. The molecule has 1 amide bonds. The number of aromatic nitrogens is 4. The molecule has 0 spiro atoms. The first-order valence-corrected chi connectivity index (χ1v) is 12.2. The molecular formula is C27H22Cl2N6O2. The predicted molar refractivity (Wildman–Crippen MR) is 144 cm³/mol. The van der Waals surface area contributed by atoms with Gasteiger partial charge in [-0.05, 0) is 61.4 Å². The smallest absolute Gasteiger partial charge is 0.289 e. The normalized spacial score (nSPS) is 11.0. The highest BCUT2D eigenvalue weighted by Crippen LogP contribution is 2.31. The first-order chi connectivity index (χ1) is 17.9. The number of aryl methyl sites for hydroxylation is 2. The molecule has 5 aromatic rings. The van der Waals surface area contributed by atoms with Crippen LogP contribution in [0.3, 0.4) is 0 Å². The van der Waals surface area contributed by atoms with Gasteiger partial charge in [0.25, 0.3) is 5.91 Å². The number of nitrogens with one attached hydrogen (secondary N) is 2. The van der Waals surface area contributed by atoms with Gasteiger partial charge in [0, 0.05) is 33.7 Å². The van der Waals surface area contributed by atoms with Crippen LogP contribution in [0.4, 0.5) is 5.82 Å². The van der Waals surface area contributed by atoms with Gasteiger partial charge in [-0.3, -0.25) is 9.78 Å². The van der Waals surface area contributed by atoms with Gasteiger partial charge in [0.2, 0.25) is 5.82 Å². The number of rotatable bonds is 7. The summed E-state index contributed by atoms with van der Waals surface area (Å²) in [5, 5.41) is 12.2. The first-order valence-electron chi connectivity index (χ1n) is 11.5. The van der Waals surface area contributed by atoms with Crippen molar-refractivity contribution in [1.82, 2.24) is 25.4 Å². The number of carbonyl (C=O) groups excluding carboxylic acids is 1. The van der Waals surface area contributed by atoms with Crippen molar-refractivity contribution in [3.05, 3.63) is 99.4 Å². The van der Waals surface area contributed by atoms with Crippen molar-refractivity contribution in [3.8, 4) is 11.1 Å². The maximum atomic E-state index is 13.0. The first kappa shape index (κ1) is 24.7. The molecule has 0 aliphatic rings. The van der Waals surface area contributed by atoms with Crippen molar-refractivity contribution in [1.29, 1.82) is 0 Å². The quantitative estimate of drug-likeness (QED) is 0.259. The molecule has 0 saturated heterocycles. The van der Waals surface area contributed by atoms with Gasteiger partial charge in [-0.1, -0.05) is 46.6 Å². The van der Waals surface area contributed by atoms with E-state index in [-0.39, 0.29) is 12.4 Å². The lowest BCUT2D eigenvalue weighted by molar-refractivity contribution is 0.0940. The highest BCUT2D eigenvalue weighted by atomic mass is 35.5. The standard InChI is InChI=1S/C27H22Cl2N6O2/c1-15-24(16(2)37-35-15)18-6-7-23-22(11-18)25(31-13-17-4-3-5-19(28)10-17)34-26(33-23)27(36)32-14-21-12-20(29)8-9-30-21/h3-12H,13-14H2,1-2H3,(H,32,36)(H,31,33,34). The van der Waals surface area contributed by atoms with Crippen LogP contribution in [0.15, 0.2) is 65.3 Å². The van der Waals surface area contributed by atoms with Crippen LogP contribution >= 0.6 is 23.2 Å². The average molecular weight is 533 g/mol. The maximum absolute atomic E-state index is 13.0. The molecule has 0 bridgehead atoms. The van der Waals surface area contributed by atoms with Gasteiger partial charge in [-0.2, -0.15) is 0 Å². The number of hydrogen-bond acceptors (Lipinski definition) is 7. The number of halogens is 2. The van der Waals surface area contributed by atoms with Gasteiger partial charge in [0.05, 0.1) is 23.4 Å². The number of amides is 1. The van der Waals surface area contributed by atoms with Crippen LogP contribution in [-0.4, -0.2) is 26.0 Å². The lowest BCUT2D eigenvalue weighted by Gasteiger charge is -2.13. The molecule has 0 unspecified atom stereocenters. The average Bonchev–Trinajstić information content (AvgIpc) is 3.23. The fraction of sp³-hybridized carbons (Fsp3) is 0.148. The highest BCUT2D eigenvalue weighted by Gasteiger charge is 2.17. The largest absolute Gasteiger partial charge is 0.365 e. The second-order valence-electron chi connectivity index (χ2n) is 8.46. The van der Waals surface area contributed by atoms with E-state index >= 15 is 0 Å². The SMILES string of the molecule is Cc1noc(C)c1-c1ccc2nc(C(=O)NCc3cc(Cl)ccn3)nc(NCc3cccc(Cl)c3)c2c1. The van der Waals surface area contributed by atoms with Crippen LogP contribution in [0, 0.1) is 13.8 Å². The van der Waals surface area contributed by atoms with Gasteiger partial charge in [0.1, 0.15) is 11.6 Å². The van der Waals surface area contributed by atoms with E-state index < -0.39 is 5.91 Å². The van der Waals surface area contributed by atoms with Crippen molar-refractivity contribution < 1.29 is 9.32 Å². The Hall–Kier alpha value is -4.01. The monoisotopic (exact) mass is 532 g/mol. The molecule has 0 aliphatic heterocycles. The van der Waals surface area contributed by atoms with Crippen LogP contribution < -0.4 is 10.6 Å². The molecule has 0 aliphatic carbocycles. The fourth-order valence-corrected chi connectivity index (χ4v) is 4.44. The van der Waals surface area contributed by atoms with Gasteiger partial charge in [0.15, 0.2) is 0 Å². The number of hydrogen-bond donors (Lipinski definition) is 2. The van der Waals surface area contributed by atoms with Crippen LogP contribution in [0.2, 0.25) is 10.0 Å². The minimum atomic E-state index is -0.427. The second-order valence-corrected chi connectivity index (χ2v) is 9.33. The third kappa shape index (κ3) is 5.55. The summed E-state index contributed by atoms with van der Waals surface area (Å²) >= 11 is 12.2. The second kappa shape index (κ2) is 10.5. The fourth-order valence-electron chi connectivity index (χ4n) is 4.04. The Balaban J connectivity index is 1.50. The summed E-state index contributed by atoms with van der Waals surface area (Å²) in [5.74, 6) is 0.846. The van der Waals surface area contributed by atoms with Crippen LogP contribution in [0.1, 0.15) is 33.3 Å². The Bertz CT molecular complexity index is 1600. The molecule has 2 aromatic carbocycles. The Labute approximate surface area is 223 Å². The maximum Gasteiger partial charge on any atom is 0.289 e. The summed E-state index contributed by atoms with van der Waals surface area (Å²) in [4.78, 5) is 26.3. The molecule has 3 heterocycles. The molecule has 10 heteroatoms. The van der Waals surface area contributed by atoms with Crippen LogP contribution in [0.25, 0.3) is 22.0 Å². The van der Waals surface area contributed by atoms with Crippen molar-refractivity contribution in [2.45, 2.75) is 26.9 Å². The lowest BCUT2D eigenvalue weighted by Crippen LogP contribution is -2.25. The van der Waals surface area contributed by atoms with Gasteiger partial charge in [-0.25, -0.2) is 9.97 Å². The van der Waals surface area contributed by atoms with Crippen molar-refractivity contribution in [3.63, 3.8) is 0 Å². The highest BCUT2D eigenvalue weighted by molar-refractivity contribution is 6.30. The zero-order valence-corrected chi connectivity index (χ0v) is 21.6. The number of anilines is 1. The third-order valence-corrected chi connectivity index (χ3v) is 6.25. The summed E-state index contributed by atoms with van der Waals surface area (Å²) in [5.41, 5.74) is 4.84. The van der Waals surface area contributed by atoms with Gasteiger partial charge >= 0.3 is 0 Å². The van der Waals surface area contributed by atoms with E-state index in [1.54, 1.807) is 18.3 Å². The zero-order chi connectivity index (χ0) is 25.9. The molecule has 0 atom stereocenters. The molecule has 0 saturated carbocycles. The molecule has 5 rings (SSSR count). The van der Waals surface area contributed by atoms with Crippen LogP contribution in [0.5, 0.6) is 0 Å². The van der Waals surface area contributed by atoms with E-state index in [0.29, 0.717) is 33.6 Å². The number of pyridine rings is 1. The Kier molecular flexibility index (Phi) is 7.03. The van der Waals surface area contributed by atoms with Crippen molar-refractivity contribution in [2.75, 3.05) is 5.32 Å². The Morgan fingerprint density at radius 3 is 2.57 bits per heavy atom.